The number of thiazole rings is 1. The van der Waals surface area contributed by atoms with Gasteiger partial charge < -0.3 is 16.0 Å². The largest absolute Gasteiger partial charge is 0.365 e. The minimum absolute atomic E-state index is 0.147. The van der Waals surface area contributed by atoms with Crippen molar-refractivity contribution in [3.8, 4) is 0 Å². The second kappa shape index (κ2) is 5.55. The zero-order valence-electron chi connectivity index (χ0n) is 9.13. The topological polar surface area (TPSA) is 66.0 Å². The molecule has 0 atom stereocenters. The van der Waals surface area contributed by atoms with E-state index in [-0.39, 0.29) is 12.1 Å². The Morgan fingerprint density at radius 1 is 1.60 bits per heavy atom. The summed E-state index contributed by atoms with van der Waals surface area (Å²) in [6.45, 7) is 4.29. The lowest BCUT2D eigenvalue weighted by Gasteiger charge is -2.08. The number of carbonyl (C=O) groups is 1. The number of hydrogen-bond donors (Lipinski definition) is 3. The Labute approximate surface area is 93.3 Å². The summed E-state index contributed by atoms with van der Waals surface area (Å²) < 4.78 is 0. The van der Waals surface area contributed by atoms with E-state index in [1.807, 2.05) is 26.3 Å². The second-order valence-corrected chi connectivity index (χ2v) is 4.23. The molecule has 1 aromatic rings. The summed E-state index contributed by atoms with van der Waals surface area (Å²) in [6, 6.07) is -0.0164. The molecule has 1 aromatic heterocycles. The van der Waals surface area contributed by atoms with Crippen LogP contribution in [0, 0.1) is 0 Å². The van der Waals surface area contributed by atoms with Gasteiger partial charge in [-0.3, -0.25) is 0 Å². The molecule has 2 amide bonds. The average Bonchev–Trinajstić information content (AvgIpc) is 2.61. The minimum atomic E-state index is -0.163. The molecular formula is C9H16N4OS. The van der Waals surface area contributed by atoms with Crippen molar-refractivity contribution in [1.29, 1.82) is 0 Å². The smallest absolute Gasteiger partial charge is 0.315 e. The number of hydrogen-bond acceptors (Lipinski definition) is 4. The number of anilines is 1. The third-order valence-electron chi connectivity index (χ3n) is 1.62. The van der Waals surface area contributed by atoms with Crippen molar-refractivity contribution in [3.05, 3.63) is 11.1 Å². The predicted molar refractivity (Wildman–Crippen MR) is 62.2 cm³/mol. The molecule has 0 aliphatic carbocycles. The summed E-state index contributed by atoms with van der Waals surface area (Å²) in [7, 11) is 1.82. The molecule has 3 N–H and O–H groups in total. The minimum Gasteiger partial charge on any atom is -0.365 e. The molecule has 0 fully saturated rings. The van der Waals surface area contributed by atoms with Gasteiger partial charge in [0.2, 0.25) is 0 Å². The van der Waals surface area contributed by atoms with Gasteiger partial charge in [0.15, 0.2) is 5.13 Å². The highest BCUT2D eigenvalue weighted by molar-refractivity contribution is 7.13. The van der Waals surface area contributed by atoms with Crippen LogP contribution in [-0.2, 0) is 6.54 Å². The molecule has 0 bridgehead atoms. The monoisotopic (exact) mass is 228 g/mol. The van der Waals surface area contributed by atoms with Crippen LogP contribution in [0.1, 0.15) is 19.5 Å². The van der Waals surface area contributed by atoms with Gasteiger partial charge >= 0.3 is 6.03 Å². The molecule has 6 heteroatoms. The SMILES string of the molecule is CNc1nc(CNC(=O)NC(C)C)cs1. The van der Waals surface area contributed by atoms with E-state index in [9.17, 15) is 4.79 Å². The highest BCUT2D eigenvalue weighted by Crippen LogP contribution is 2.13. The predicted octanol–water partition coefficient (Wildman–Crippen LogP) is 1.39. The first-order valence-corrected chi connectivity index (χ1v) is 5.66. The molecule has 5 nitrogen and oxygen atoms in total. The van der Waals surface area contributed by atoms with Crippen LogP contribution in [-0.4, -0.2) is 24.1 Å². The normalized spacial score (nSPS) is 10.1. The molecule has 0 saturated carbocycles. The van der Waals surface area contributed by atoms with E-state index in [0.717, 1.165) is 10.8 Å². The number of nitrogens with one attached hydrogen (secondary N) is 3. The number of amides is 2. The van der Waals surface area contributed by atoms with Crippen LogP contribution in [0.2, 0.25) is 0 Å². The Hall–Kier alpha value is -1.30. The summed E-state index contributed by atoms with van der Waals surface area (Å²) in [5.41, 5.74) is 0.864. The van der Waals surface area contributed by atoms with Crippen molar-refractivity contribution in [3.63, 3.8) is 0 Å². The van der Waals surface area contributed by atoms with Gasteiger partial charge in [-0.25, -0.2) is 9.78 Å². The summed E-state index contributed by atoms with van der Waals surface area (Å²) in [5, 5.41) is 11.2. The number of nitrogens with zero attached hydrogens (tertiary/aromatic N) is 1. The lowest BCUT2D eigenvalue weighted by Crippen LogP contribution is -2.39. The molecular weight excluding hydrogens is 212 g/mol. The van der Waals surface area contributed by atoms with Crippen LogP contribution in [0.15, 0.2) is 5.38 Å². The first-order chi connectivity index (χ1) is 7.11. The molecule has 15 heavy (non-hydrogen) atoms. The van der Waals surface area contributed by atoms with E-state index in [1.165, 1.54) is 11.3 Å². The summed E-state index contributed by atoms with van der Waals surface area (Å²) >= 11 is 1.52. The molecule has 0 aromatic carbocycles. The van der Waals surface area contributed by atoms with Gasteiger partial charge in [0.1, 0.15) is 0 Å². The maximum Gasteiger partial charge on any atom is 0.315 e. The lowest BCUT2D eigenvalue weighted by atomic mass is 10.4. The van der Waals surface area contributed by atoms with E-state index in [2.05, 4.69) is 20.9 Å². The van der Waals surface area contributed by atoms with Gasteiger partial charge in [-0.2, -0.15) is 0 Å². The Kier molecular flexibility index (Phi) is 4.36. The van der Waals surface area contributed by atoms with Crippen molar-refractivity contribution in [2.24, 2.45) is 0 Å². The zero-order valence-corrected chi connectivity index (χ0v) is 9.94. The van der Waals surface area contributed by atoms with E-state index in [1.54, 1.807) is 0 Å². The van der Waals surface area contributed by atoms with Crippen LogP contribution in [0.25, 0.3) is 0 Å². The van der Waals surface area contributed by atoms with Crippen molar-refractivity contribution >= 4 is 22.5 Å². The average molecular weight is 228 g/mol. The van der Waals surface area contributed by atoms with E-state index in [0.29, 0.717) is 6.54 Å². The highest BCUT2D eigenvalue weighted by atomic mass is 32.1. The third-order valence-corrected chi connectivity index (χ3v) is 2.52. The van der Waals surface area contributed by atoms with Gasteiger partial charge in [-0.05, 0) is 13.8 Å². The van der Waals surface area contributed by atoms with Gasteiger partial charge in [0, 0.05) is 18.5 Å². The molecule has 0 unspecified atom stereocenters. The highest BCUT2D eigenvalue weighted by Gasteiger charge is 2.04. The van der Waals surface area contributed by atoms with Gasteiger partial charge in [0.05, 0.1) is 12.2 Å². The quantitative estimate of drug-likeness (QED) is 0.729. The lowest BCUT2D eigenvalue weighted by molar-refractivity contribution is 0.238. The number of aromatic nitrogens is 1. The molecule has 0 radical (unpaired) electrons. The molecule has 0 spiro atoms. The van der Waals surface area contributed by atoms with Gasteiger partial charge in [-0.15, -0.1) is 11.3 Å². The number of urea groups is 1. The van der Waals surface area contributed by atoms with Crippen molar-refractivity contribution in [2.45, 2.75) is 26.4 Å². The van der Waals surface area contributed by atoms with Crippen LogP contribution < -0.4 is 16.0 Å². The van der Waals surface area contributed by atoms with E-state index >= 15 is 0 Å². The van der Waals surface area contributed by atoms with Crippen LogP contribution in [0.3, 0.4) is 0 Å². The molecule has 0 saturated heterocycles. The maximum absolute atomic E-state index is 11.2. The van der Waals surface area contributed by atoms with Crippen molar-refractivity contribution in [2.75, 3.05) is 12.4 Å². The standard InChI is InChI=1S/C9H16N4OS/c1-6(2)12-8(14)11-4-7-5-15-9(10-3)13-7/h5-6H,4H2,1-3H3,(H,10,13)(H2,11,12,14). The third kappa shape index (κ3) is 4.16. The van der Waals surface area contributed by atoms with Crippen LogP contribution in [0.5, 0.6) is 0 Å². The number of rotatable bonds is 4. The van der Waals surface area contributed by atoms with Crippen molar-refractivity contribution in [1.82, 2.24) is 15.6 Å². The fourth-order valence-corrected chi connectivity index (χ4v) is 1.66. The molecule has 0 aliphatic rings. The summed E-state index contributed by atoms with van der Waals surface area (Å²) in [4.78, 5) is 15.5. The van der Waals surface area contributed by atoms with E-state index < -0.39 is 0 Å². The molecule has 0 aliphatic heterocycles. The Morgan fingerprint density at radius 3 is 2.87 bits per heavy atom. The van der Waals surface area contributed by atoms with Crippen LogP contribution >= 0.6 is 11.3 Å². The Morgan fingerprint density at radius 2 is 2.33 bits per heavy atom. The van der Waals surface area contributed by atoms with Crippen LogP contribution in [0.4, 0.5) is 9.93 Å². The second-order valence-electron chi connectivity index (χ2n) is 3.38. The van der Waals surface area contributed by atoms with Gasteiger partial charge in [0.25, 0.3) is 0 Å². The Bertz CT molecular complexity index is 324. The maximum atomic E-state index is 11.2. The number of carbonyl (C=O) groups excluding carboxylic acids is 1. The first kappa shape index (κ1) is 11.8. The van der Waals surface area contributed by atoms with Crippen molar-refractivity contribution < 1.29 is 4.79 Å². The van der Waals surface area contributed by atoms with E-state index in [4.69, 9.17) is 0 Å². The molecule has 84 valence electrons. The van der Waals surface area contributed by atoms with Gasteiger partial charge in [-0.1, -0.05) is 0 Å². The fourth-order valence-electron chi connectivity index (χ4n) is 0.987. The molecule has 1 rings (SSSR count). The Balaban J connectivity index is 2.33. The first-order valence-electron chi connectivity index (χ1n) is 4.78. The summed E-state index contributed by atoms with van der Waals surface area (Å²) in [5.74, 6) is 0. The zero-order chi connectivity index (χ0) is 11.3. The summed E-state index contributed by atoms with van der Waals surface area (Å²) in [6.07, 6.45) is 0. The molecule has 1 heterocycles. The fraction of sp³-hybridized carbons (Fsp3) is 0.556.